The van der Waals surface area contributed by atoms with Crippen LogP contribution in [0.25, 0.3) is 0 Å². The molecule has 1 aromatic carbocycles. The highest BCUT2D eigenvalue weighted by Crippen LogP contribution is 2.37. The highest BCUT2D eigenvalue weighted by atomic mass is 35.5. The van der Waals surface area contributed by atoms with Gasteiger partial charge in [-0.3, -0.25) is 0 Å². The molecular formula is C14H15ClO2. The van der Waals surface area contributed by atoms with Gasteiger partial charge < -0.3 is 9.15 Å². The van der Waals surface area contributed by atoms with Gasteiger partial charge in [0.25, 0.3) is 0 Å². The summed E-state index contributed by atoms with van der Waals surface area (Å²) in [6.07, 6.45) is 1.66. The summed E-state index contributed by atoms with van der Waals surface area (Å²) in [4.78, 5) is 0. The predicted molar refractivity (Wildman–Crippen MR) is 68.9 cm³/mol. The summed E-state index contributed by atoms with van der Waals surface area (Å²) in [7, 11) is 1.65. The number of furan rings is 1. The van der Waals surface area contributed by atoms with Crippen molar-refractivity contribution in [2.45, 2.75) is 19.2 Å². The Balaban J connectivity index is 2.46. The average Bonchev–Trinajstić information content (AvgIpc) is 2.74. The van der Waals surface area contributed by atoms with Crippen molar-refractivity contribution in [2.24, 2.45) is 0 Å². The minimum absolute atomic E-state index is 0.320. The number of halogens is 1. The molecule has 0 spiro atoms. The van der Waals surface area contributed by atoms with E-state index in [-0.39, 0.29) is 5.38 Å². The number of hydrogen-bond donors (Lipinski definition) is 0. The Morgan fingerprint density at radius 1 is 1.24 bits per heavy atom. The second kappa shape index (κ2) is 4.84. The highest BCUT2D eigenvalue weighted by Gasteiger charge is 2.20. The third-order valence-corrected chi connectivity index (χ3v) is 3.22. The van der Waals surface area contributed by atoms with Crippen LogP contribution in [0, 0.1) is 13.8 Å². The van der Waals surface area contributed by atoms with Crippen molar-refractivity contribution in [1.82, 2.24) is 0 Å². The second-order valence-electron chi connectivity index (χ2n) is 4.08. The molecule has 17 heavy (non-hydrogen) atoms. The van der Waals surface area contributed by atoms with E-state index >= 15 is 0 Å². The van der Waals surface area contributed by atoms with Gasteiger partial charge in [-0.15, -0.1) is 11.6 Å². The Morgan fingerprint density at radius 2 is 2.00 bits per heavy atom. The van der Waals surface area contributed by atoms with Crippen LogP contribution in [0.1, 0.15) is 27.8 Å². The van der Waals surface area contributed by atoms with Gasteiger partial charge in [-0.2, -0.15) is 0 Å². The molecule has 1 unspecified atom stereocenters. The number of aryl methyl sites for hydroxylation is 2. The molecule has 0 aliphatic rings. The minimum Gasteiger partial charge on any atom is -0.496 e. The zero-order valence-corrected chi connectivity index (χ0v) is 10.9. The first-order valence-corrected chi connectivity index (χ1v) is 5.89. The van der Waals surface area contributed by atoms with Gasteiger partial charge in [-0.1, -0.05) is 17.7 Å². The predicted octanol–water partition coefficient (Wildman–Crippen LogP) is 4.23. The van der Waals surface area contributed by atoms with Gasteiger partial charge in [0.1, 0.15) is 16.9 Å². The van der Waals surface area contributed by atoms with E-state index < -0.39 is 0 Å². The smallest absolute Gasteiger partial charge is 0.129 e. The molecule has 0 saturated heterocycles. The normalized spacial score (nSPS) is 12.5. The molecule has 2 nitrogen and oxygen atoms in total. The topological polar surface area (TPSA) is 22.4 Å². The summed E-state index contributed by atoms with van der Waals surface area (Å²) in [5.74, 6) is 1.56. The molecule has 0 saturated carbocycles. The zero-order valence-electron chi connectivity index (χ0n) is 10.2. The van der Waals surface area contributed by atoms with Crippen LogP contribution in [0.4, 0.5) is 0 Å². The van der Waals surface area contributed by atoms with Crippen LogP contribution in [-0.2, 0) is 0 Å². The summed E-state index contributed by atoms with van der Waals surface area (Å²) in [5, 5.41) is -0.320. The van der Waals surface area contributed by atoms with Crippen molar-refractivity contribution in [1.29, 1.82) is 0 Å². The highest BCUT2D eigenvalue weighted by molar-refractivity contribution is 6.22. The maximum atomic E-state index is 6.46. The van der Waals surface area contributed by atoms with Crippen molar-refractivity contribution in [3.8, 4) is 5.75 Å². The van der Waals surface area contributed by atoms with Crippen molar-refractivity contribution in [3.05, 3.63) is 53.0 Å². The Morgan fingerprint density at radius 3 is 2.59 bits per heavy atom. The molecule has 0 aliphatic heterocycles. The largest absolute Gasteiger partial charge is 0.496 e. The maximum absolute atomic E-state index is 6.46. The number of methoxy groups -OCH3 is 1. The number of rotatable bonds is 3. The van der Waals surface area contributed by atoms with Crippen molar-refractivity contribution in [3.63, 3.8) is 0 Å². The lowest BCUT2D eigenvalue weighted by atomic mass is 10.0. The van der Waals surface area contributed by atoms with E-state index in [9.17, 15) is 0 Å². The van der Waals surface area contributed by atoms with Crippen LogP contribution in [-0.4, -0.2) is 7.11 Å². The molecule has 0 radical (unpaired) electrons. The van der Waals surface area contributed by atoms with Crippen molar-refractivity contribution < 1.29 is 9.15 Å². The fourth-order valence-electron chi connectivity index (χ4n) is 1.84. The molecule has 0 amide bonds. The van der Waals surface area contributed by atoms with Gasteiger partial charge in [0.15, 0.2) is 0 Å². The van der Waals surface area contributed by atoms with Gasteiger partial charge >= 0.3 is 0 Å². The third kappa shape index (κ3) is 2.32. The van der Waals surface area contributed by atoms with Crippen LogP contribution in [0.3, 0.4) is 0 Å². The molecule has 2 rings (SSSR count). The van der Waals surface area contributed by atoms with Crippen LogP contribution >= 0.6 is 11.6 Å². The summed E-state index contributed by atoms with van der Waals surface area (Å²) >= 11 is 6.46. The van der Waals surface area contributed by atoms with Gasteiger partial charge in [-0.25, -0.2) is 0 Å². The Labute approximate surface area is 106 Å². The number of hydrogen-bond acceptors (Lipinski definition) is 2. The van der Waals surface area contributed by atoms with Gasteiger partial charge in [0.05, 0.1) is 13.4 Å². The van der Waals surface area contributed by atoms with Crippen LogP contribution < -0.4 is 4.74 Å². The van der Waals surface area contributed by atoms with Crippen LogP contribution in [0.5, 0.6) is 5.75 Å². The molecule has 90 valence electrons. The van der Waals surface area contributed by atoms with E-state index in [1.165, 1.54) is 0 Å². The third-order valence-electron chi connectivity index (χ3n) is 2.79. The Bertz CT molecular complexity index is 517. The Hall–Kier alpha value is -1.41. The van der Waals surface area contributed by atoms with Gasteiger partial charge in [-0.05, 0) is 31.5 Å². The monoisotopic (exact) mass is 250 g/mol. The van der Waals surface area contributed by atoms with E-state index in [0.29, 0.717) is 0 Å². The number of alkyl halides is 1. The van der Waals surface area contributed by atoms with Crippen LogP contribution in [0.2, 0.25) is 0 Å². The summed E-state index contributed by atoms with van der Waals surface area (Å²) < 4.78 is 10.8. The second-order valence-corrected chi connectivity index (χ2v) is 4.51. The lowest BCUT2D eigenvalue weighted by Gasteiger charge is -2.13. The summed E-state index contributed by atoms with van der Waals surface area (Å²) in [6.45, 7) is 4.01. The maximum Gasteiger partial charge on any atom is 0.129 e. The molecule has 0 fully saturated rings. The molecule has 2 aromatic rings. The molecule has 1 heterocycles. The average molecular weight is 251 g/mol. The van der Waals surface area contributed by atoms with Gasteiger partial charge in [0.2, 0.25) is 0 Å². The van der Waals surface area contributed by atoms with E-state index in [1.54, 1.807) is 13.4 Å². The fourth-order valence-corrected chi connectivity index (χ4v) is 2.23. The van der Waals surface area contributed by atoms with Crippen molar-refractivity contribution >= 4 is 11.6 Å². The van der Waals surface area contributed by atoms with E-state index in [4.69, 9.17) is 20.8 Å². The van der Waals surface area contributed by atoms with E-state index in [1.807, 2.05) is 38.1 Å². The standard InChI is InChI=1S/C14H15ClO2/c1-9-4-5-12(16-3)11(8-9)13(15)14-10(2)6-7-17-14/h4-8,13H,1-3H3. The number of ether oxygens (including phenoxy) is 1. The van der Waals surface area contributed by atoms with E-state index in [0.717, 1.165) is 28.2 Å². The van der Waals surface area contributed by atoms with E-state index in [2.05, 4.69) is 0 Å². The molecule has 1 aromatic heterocycles. The lowest BCUT2D eigenvalue weighted by Crippen LogP contribution is -1.98. The summed E-state index contributed by atoms with van der Waals surface area (Å²) in [5.41, 5.74) is 3.14. The van der Waals surface area contributed by atoms with Crippen LogP contribution in [0.15, 0.2) is 34.9 Å². The molecule has 0 N–H and O–H groups in total. The lowest BCUT2D eigenvalue weighted by molar-refractivity contribution is 0.407. The SMILES string of the molecule is COc1ccc(C)cc1C(Cl)c1occc1C. The molecular weight excluding hydrogens is 236 g/mol. The first-order chi connectivity index (χ1) is 8.13. The quantitative estimate of drug-likeness (QED) is 0.761. The first-order valence-electron chi connectivity index (χ1n) is 5.46. The first kappa shape index (κ1) is 12.1. The number of benzene rings is 1. The minimum atomic E-state index is -0.320. The Kier molecular flexibility index (Phi) is 3.43. The zero-order chi connectivity index (χ0) is 12.4. The molecule has 1 atom stereocenters. The molecule has 0 bridgehead atoms. The molecule has 0 aliphatic carbocycles. The van der Waals surface area contributed by atoms with Crippen molar-refractivity contribution in [2.75, 3.05) is 7.11 Å². The molecule has 3 heteroatoms. The fraction of sp³-hybridized carbons (Fsp3) is 0.286. The summed E-state index contributed by atoms with van der Waals surface area (Å²) in [6, 6.07) is 7.87. The van der Waals surface area contributed by atoms with Gasteiger partial charge in [0, 0.05) is 5.56 Å².